The van der Waals surface area contributed by atoms with Gasteiger partial charge in [0.1, 0.15) is 13.2 Å². The highest BCUT2D eigenvalue weighted by molar-refractivity contribution is 5.71. The Morgan fingerprint density at radius 1 is 0.313 bits per heavy atom. The maximum atomic E-state index is 12.7. The molecule has 0 radical (unpaired) electrons. The van der Waals surface area contributed by atoms with Crippen LogP contribution in [0.5, 0.6) is 0 Å². The van der Waals surface area contributed by atoms with Gasteiger partial charge in [-0.2, -0.15) is 0 Å². The zero-order chi connectivity index (χ0) is 48.6. The van der Waals surface area contributed by atoms with Crippen molar-refractivity contribution in [3.05, 3.63) is 85.1 Å². The van der Waals surface area contributed by atoms with E-state index >= 15 is 0 Å². The summed E-state index contributed by atoms with van der Waals surface area (Å²) in [5.41, 5.74) is 0. The Labute approximate surface area is 414 Å². The Morgan fingerprint density at radius 2 is 0.582 bits per heavy atom. The van der Waals surface area contributed by atoms with Crippen LogP contribution in [0.4, 0.5) is 0 Å². The van der Waals surface area contributed by atoms with Crippen LogP contribution in [-0.4, -0.2) is 37.2 Å². The van der Waals surface area contributed by atoms with Gasteiger partial charge in [0.05, 0.1) is 0 Å². The molecule has 0 spiro atoms. The molecule has 6 nitrogen and oxygen atoms in total. The first-order valence-electron chi connectivity index (χ1n) is 28.1. The molecule has 0 aromatic rings. The van der Waals surface area contributed by atoms with E-state index in [1.165, 1.54) is 122 Å². The van der Waals surface area contributed by atoms with Gasteiger partial charge in [-0.1, -0.05) is 234 Å². The molecule has 0 aromatic carbocycles. The fraction of sp³-hybridized carbons (Fsp3) is 0.721. The van der Waals surface area contributed by atoms with E-state index in [4.69, 9.17) is 14.2 Å². The lowest BCUT2D eigenvalue weighted by atomic mass is 10.0. The second kappa shape index (κ2) is 55.2. The van der Waals surface area contributed by atoms with Gasteiger partial charge in [-0.15, -0.1) is 0 Å². The number of esters is 3. The van der Waals surface area contributed by atoms with Crippen molar-refractivity contribution >= 4 is 17.9 Å². The predicted molar refractivity (Wildman–Crippen MR) is 288 cm³/mol. The van der Waals surface area contributed by atoms with Gasteiger partial charge in [0.25, 0.3) is 0 Å². The van der Waals surface area contributed by atoms with Crippen molar-refractivity contribution in [2.45, 2.75) is 271 Å². The highest BCUT2D eigenvalue weighted by atomic mass is 16.6. The van der Waals surface area contributed by atoms with Gasteiger partial charge >= 0.3 is 17.9 Å². The fourth-order valence-electron chi connectivity index (χ4n) is 7.68. The molecule has 0 N–H and O–H groups in total. The minimum absolute atomic E-state index is 0.0931. The lowest BCUT2D eigenvalue weighted by molar-refractivity contribution is -0.167. The topological polar surface area (TPSA) is 78.9 Å². The van der Waals surface area contributed by atoms with Crippen LogP contribution in [0.3, 0.4) is 0 Å². The number of allylic oxidation sites excluding steroid dienone is 14. The molecular formula is C61H104O6. The molecule has 0 saturated carbocycles. The van der Waals surface area contributed by atoms with E-state index in [1.54, 1.807) is 0 Å². The Morgan fingerprint density at radius 3 is 0.940 bits per heavy atom. The molecule has 0 bridgehead atoms. The van der Waals surface area contributed by atoms with Crippen LogP contribution in [0.1, 0.15) is 265 Å². The minimum Gasteiger partial charge on any atom is -0.462 e. The molecule has 1 atom stereocenters. The van der Waals surface area contributed by atoms with Crippen molar-refractivity contribution in [1.82, 2.24) is 0 Å². The average molecular weight is 933 g/mol. The number of hydrogen-bond acceptors (Lipinski definition) is 6. The van der Waals surface area contributed by atoms with Crippen LogP contribution in [0.25, 0.3) is 0 Å². The first kappa shape index (κ1) is 63.6. The van der Waals surface area contributed by atoms with Crippen molar-refractivity contribution in [3.63, 3.8) is 0 Å². The summed E-state index contributed by atoms with van der Waals surface area (Å²) in [6.45, 7) is 6.39. The molecule has 0 aliphatic carbocycles. The van der Waals surface area contributed by atoms with Crippen molar-refractivity contribution in [2.24, 2.45) is 0 Å². The van der Waals surface area contributed by atoms with Crippen LogP contribution < -0.4 is 0 Å². The van der Waals surface area contributed by atoms with Crippen molar-refractivity contribution in [1.29, 1.82) is 0 Å². The molecule has 0 aromatic heterocycles. The smallest absolute Gasteiger partial charge is 0.306 e. The molecule has 0 heterocycles. The third-order valence-corrected chi connectivity index (χ3v) is 11.9. The van der Waals surface area contributed by atoms with E-state index in [9.17, 15) is 14.4 Å². The van der Waals surface area contributed by atoms with E-state index in [2.05, 4.69) is 106 Å². The molecule has 0 amide bonds. The molecule has 67 heavy (non-hydrogen) atoms. The molecule has 1 unspecified atom stereocenters. The van der Waals surface area contributed by atoms with Gasteiger partial charge in [-0.25, -0.2) is 0 Å². The Kier molecular flexibility index (Phi) is 52.4. The maximum Gasteiger partial charge on any atom is 0.306 e. The Balaban J connectivity index is 4.06. The van der Waals surface area contributed by atoms with E-state index < -0.39 is 6.10 Å². The van der Waals surface area contributed by atoms with Crippen molar-refractivity contribution < 1.29 is 28.6 Å². The molecule has 0 fully saturated rings. The molecule has 0 saturated heterocycles. The molecule has 6 heteroatoms. The standard InChI is InChI=1S/C61H104O6/c1-4-7-10-13-15-17-19-21-23-24-25-26-27-28-29-30-31-32-33-34-35-36-38-39-41-43-45-48-51-54-60(63)66-57-58(56-65-59(62)53-50-47-12-9-6-3)67-61(64)55-52-49-46-44-42-40-37-22-20-18-16-14-11-8-5-2/h8,11,16,18-19,21-22,24-25,27-28,37,42,44,58H,4-7,9-10,12-15,17,20,23,26,29-36,38-41,43,45-57H2,1-3H3/b11-8-,18-16-,21-19-,25-24-,28-27-,37-22-,44-42-. The summed E-state index contributed by atoms with van der Waals surface area (Å²) >= 11 is 0. The number of rotatable bonds is 50. The minimum atomic E-state index is -0.794. The van der Waals surface area contributed by atoms with Crippen LogP contribution in [0.15, 0.2) is 85.1 Å². The van der Waals surface area contributed by atoms with Gasteiger partial charge in [0, 0.05) is 19.3 Å². The van der Waals surface area contributed by atoms with Gasteiger partial charge in [-0.3, -0.25) is 14.4 Å². The van der Waals surface area contributed by atoms with E-state index in [0.717, 1.165) is 96.3 Å². The first-order valence-corrected chi connectivity index (χ1v) is 28.1. The number of hydrogen-bond donors (Lipinski definition) is 0. The van der Waals surface area contributed by atoms with E-state index in [0.29, 0.717) is 19.3 Å². The Bertz CT molecular complexity index is 1300. The van der Waals surface area contributed by atoms with Gasteiger partial charge in [0.2, 0.25) is 0 Å². The van der Waals surface area contributed by atoms with Crippen LogP contribution in [0.2, 0.25) is 0 Å². The summed E-state index contributed by atoms with van der Waals surface area (Å²) in [7, 11) is 0. The zero-order valence-electron chi connectivity index (χ0n) is 43.9. The molecule has 0 aliphatic heterocycles. The second-order valence-electron chi connectivity index (χ2n) is 18.5. The molecule has 0 aliphatic rings. The van der Waals surface area contributed by atoms with Gasteiger partial charge in [0.15, 0.2) is 6.10 Å². The first-order chi connectivity index (χ1) is 33.0. The summed E-state index contributed by atoms with van der Waals surface area (Å²) in [6, 6.07) is 0. The van der Waals surface area contributed by atoms with E-state index in [-0.39, 0.29) is 37.5 Å². The maximum absolute atomic E-state index is 12.7. The van der Waals surface area contributed by atoms with Crippen molar-refractivity contribution in [3.8, 4) is 0 Å². The normalized spacial score (nSPS) is 12.7. The summed E-state index contributed by atoms with van der Waals surface area (Å²) < 4.78 is 16.6. The summed E-state index contributed by atoms with van der Waals surface area (Å²) in [6.07, 6.45) is 72.0. The van der Waals surface area contributed by atoms with Crippen LogP contribution in [-0.2, 0) is 28.6 Å². The highest BCUT2D eigenvalue weighted by Crippen LogP contribution is 2.15. The lowest BCUT2D eigenvalue weighted by Crippen LogP contribution is -2.30. The second-order valence-corrected chi connectivity index (χ2v) is 18.5. The fourth-order valence-corrected chi connectivity index (χ4v) is 7.68. The highest BCUT2D eigenvalue weighted by Gasteiger charge is 2.19. The van der Waals surface area contributed by atoms with Crippen molar-refractivity contribution in [2.75, 3.05) is 13.2 Å². The summed E-state index contributed by atoms with van der Waals surface area (Å²) in [5.74, 6) is -0.949. The lowest BCUT2D eigenvalue weighted by Gasteiger charge is -2.18. The van der Waals surface area contributed by atoms with Gasteiger partial charge in [-0.05, 0) is 96.3 Å². The van der Waals surface area contributed by atoms with E-state index in [1.807, 2.05) is 0 Å². The third-order valence-electron chi connectivity index (χ3n) is 11.9. The monoisotopic (exact) mass is 933 g/mol. The number of ether oxygens (including phenoxy) is 3. The number of carbonyl (C=O) groups excluding carboxylic acids is 3. The zero-order valence-corrected chi connectivity index (χ0v) is 43.9. The summed E-state index contributed by atoms with van der Waals surface area (Å²) in [4.78, 5) is 37.7. The predicted octanol–water partition coefficient (Wildman–Crippen LogP) is 18.8. The van der Waals surface area contributed by atoms with Crippen LogP contribution in [0, 0.1) is 0 Å². The third kappa shape index (κ3) is 53.4. The largest absolute Gasteiger partial charge is 0.462 e. The van der Waals surface area contributed by atoms with Gasteiger partial charge < -0.3 is 14.2 Å². The summed E-state index contributed by atoms with van der Waals surface area (Å²) in [5, 5.41) is 0. The Hall–Kier alpha value is -3.41. The number of unbranched alkanes of at least 4 members (excludes halogenated alkanes) is 25. The average Bonchev–Trinajstić information content (AvgIpc) is 3.33. The SMILES string of the molecule is CC/C=C\C/C=C\C/C=C\C/C=C\CCCCC(=O)OC(COC(=O)CCCCCCC)COC(=O)CCCCCCCCCCCCCCCC/C=C\C/C=C\C/C=C\CCCCCCC. The quantitative estimate of drug-likeness (QED) is 0.0262. The molecule has 384 valence electrons. The molecular weight excluding hydrogens is 829 g/mol. The van der Waals surface area contributed by atoms with Crippen LogP contribution >= 0.6 is 0 Å². The number of carbonyl (C=O) groups is 3. The molecule has 0 rings (SSSR count).